The van der Waals surface area contributed by atoms with E-state index < -0.39 is 11.7 Å². The second-order valence-corrected chi connectivity index (χ2v) is 8.75. The van der Waals surface area contributed by atoms with Crippen molar-refractivity contribution in [2.45, 2.75) is 0 Å². The Morgan fingerprint density at radius 2 is 1.65 bits per heavy atom. The van der Waals surface area contributed by atoms with Crippen LogP contribution < -0.4 is 0 Å². The Morgan fingerprint density at radius 3 is 2.45 bits per heavy atom. The Balaban J connectivity index is 1.30. The van der Waals surface area contributed by atoms with Gasteiger partial charge >= 0.3 is 0 Å². The lowest BCUT2D eigenvalue weighted by atomic mass is 10.1. The van der Waals surface area contributed by atoms with Gasteiger partial charge in [-0.1, -0.05) is 29.8 Å². The monoisotopic (exact) mass is 451 g/mol. The number of nitrogens with one attached hydrogen (secondary N) is 1. The van der Waals surface area contributed by atoms with Crippen molar-refractivity contribution in [3.63, 3.8) is 0 Å². The molecule has 6 nitrogen and oxygen atoms in total. The van der Waals surface area contributed by atoms with Gasteiger partial charge in [0.2, 0.25) is 0 Å². The van der Waals surface area contributed by atoms with Crippen molar-refractivity contribution < 1.29 is 14.4 Å². The molecule has 1 saturated heterocycles. The number of halogens is 1. The molecule has 0 atom stereocenters. The lowest BCUT2D eigenvalue weighted by molar-refractivity contribution is -0.127. The smallest absolute Gasteiger partial charge is 0.295 e. The molecular weight excluding hydrogens is 434 g/mol. The number of aromatic nitrogens is 1. The molecule has 1 aliphatic rings. The fourth-order valence-corrected chi connectivity index (χ4v) is 5.20. The molecule has 1 aliphatic heterocycles. The fraction of sp³-hybridized carbons (Fsp3) is 0.174. The summed E-state index contributed by atoms with van der Waals surface area (Å²) in [4.78, 5) is 45.0. The van der Waals surface area contributed by atoms with E-state index in [1.54, 1.807) is 34.4 Å². The van der Waals surface area contributed by atoms with Crippen molar-refractivity contribution in [1.82, 2.24) is 14.8 Å². The molecule has 0 radical (unpaired) electrons. The molecule has 1 fully saturated rings. The SMILES string of the molecule is O=C(C(=O)N1CCN(C(=O)c2cccc3ccsc23)CC1)c1c[nH]c2cccc(Cl)c12. The summed E-state index contributed by atoms with van der Waals surface area (Å²) in [6.07, 6.45) is 1.53. The zero-order valence-corrected chi connectivity index (χ0v) is 18.0. The maximum Gasteiger partial charge on any atom is 0.295 e. The van der Waals surface area contributed by atoms with Gasteiger partial charge in [0, 0.05) is 48.0 Å². The molecule has 0 bridgehead atoms. The lowest BCUT2D eigenvalue weighted by Crippen LogP contribution is -2.52. The number of fused-ring (bicyclic) bond motifs is 2. The van der Waals surface area contributed by atoms with Crippen LogP contribution in [0.25, 0.3) is 21.0 Å². The van der Waals surface area contributed by atoms with Crippen LogP contribution in [0.3, 0.4) is 0 Å². The number of ketones is 1. The Hall–Kier alpha value is -3.16. The van der Waals surface area contributed by atoms with Gasteiger partial charge in [0.25, 0.3) is 17.6 Å². The van der Waals surface area contributed by atoms with E-state index in [9.17, 15) is 14.4 Å². The highest BCUT2D eigenvalue weighted by molar-refractivity contribution is 7.17. The first-order valence-corrected chi connectivity index (χ1v) is 11.1. The molecule has 156 valence electrons. The first-order chi connectivity index (χ1) is 15.0. The van der Waals surface area contributed by atoms with Gasteiger partial charge in [-0.25, -0.2) is 0 Å². The van der Waals surface area contributed by atoms with Crippen LogP contribution in [0.4, 0.5) is 0 Å². The van der Waals surface area contributed by atoms with Crippen LogP contribution in [-0.4, -0.2) is 58.6 Å². The van der Waals surface area contributed by atoms with Gasteiger partial charge in [0.05, 0.1) is 16.1 Å². The van der Waals surface area contributed by atoms with Gasteiger partial charge in [-0.3, -0.25) is 14.4 Å². The largest absolute Gasteiger partial charge is 0.360 e. The molecule has 2 amide bonds. The standard InChI is InChI=1S/C23H18ClN3O3S/c24-17-5-2-6-18-19(17)16(13-25-18)20(28)23(30)27-10-8-26(9-11-27)22(29)15-4-1-3-14-7-12-31-21(14)15/h1-7,12-13,25H,8-11H2. The number of hydrogen-bond donors (Lipinski definition) is 1. The number of carbonyl (C=O) groups is 3. The first-order valence-electron chi connectivity index (χ1n) is 9.89. The number of nitrogens with zero attached hydrogens (tertiary/aromatic N) is 2. The molecule has 2 aromatic carbocycles. The van der Waals surface area contributed by atoms with Crippen LogP contribution >= 0.6 is 22.9 Å². The summed E-state index contributed by atoms with van der Waals surface area (Å²) >= 11 is 7.79. The third kappa shape index (κ3) is 3.40. The van der Waals surface area contributed by atoms with Crippen LogP contribution in [0.1, 0.15) is 20.7 Å². The predicted molar refractivity (Wildman–Crippen MR) is 122 cm³/mol. The lowest BCUT2D eigenvalue weighted by Gasteiger charge is -2.34. The second kappa shape index (κ2) is 7.83. The molecule has 0 aliphatic carbocycles. The van der Waals surface area contributed by atoms with Crippen molar-refractivity contribution in [2.75, 3.05) is 26.2 Å². The molecule has 1 N–H and O–H groups in total. The van der Waals surface area contributed by atoms with Gasteiger partial charge in [0.15, 0.2) is 0 Å². The number of H-pyrrole nitrogens is 1. The van der Waals surface area contributed by atoms with Crippen molar-refractivity contribution in [2.24, 2.45) is 0 Å². The quantitative estimate of drug-likeness (QED) is 0.374. The van der Waals surface area contributed by atoms with Crippen LogP contribution in [0.5, 0.6) is 0 Å². The van der Waals surface area contributed by atoms with Crippen molar-refractivity contribution >= 4 is 61.5 Å². The van der Waals surface area contributed by atoms with Gasteiger partial charge in [0.1, 0.15) is 0 Å². The Bertz CT molecular complexity index is 1330. The maximum atomic E-state index is 13.0. The molecule has 8 heteroatoms. The van der Waals surface area contributed by atoms with Gasteiger partial charge < -0.3 is 14.8 Å². The summed E-state index contributed by atoms with van der Waals surface area (Å²) in [5.74, 6) is -1.22. The molecule has 2 aromatic heterocycles. The highest BCUT2D eigenvalue weighted by atomic mass is 35.5. The van der Waals surface area contributed by atoms with Crippen molar-refractivity contribution in [1.29, 1.82) is 0 Å². The zero-order chi connectivity index (χ0) is 21.5. The van der Waals surface area contributed by atoms with E-state index in [0.29, 0.717) is 47.7 Å². The summed E-state index contributed by atoms with van der Waals surface area (Å²) in [6.45, 7) is 1.39. The average molecular weight is 452 g/mol. The summed E-state index contributed by atoms with van der Waals surface area (Å²) in [7, 11) is 0. The van der Waals surface area contributed by atoms with E-state index in [0.717, 1.165) is 10.1 Å². The minimum Gasteiger partial charge on any atom is -0.360 e. The van der Waals surface area contributed by atoms with Crippen molar-refractivity contribution in [3.8, 4) is 0 Å². The number of Topliss-reactive ketones (excluding diaryl/α,β-unsaturated/α-hetero) is 1. The number of amides is 2. The van der Waals surface area contributed by atoms with Crippen LogP contribution in [0.15, 0.2) is 54.0 Å². The number of piperazine rings is 1. The van der Waals surface area contributed by atoms with E-state index in [4.69, 9.17) is 11.6 Å². The van der Waals surface area contributed by atoms with Crippen molar-refractivity contribution in [3.05, 3.63) is 70.2 Å². The molecule has 31 heavy (non-hydrogen) atoms. The predicted octanol–water partition coefficient (Wildman–Crippen LogP) is 4.20. The summed E-state index contributed by atoms with van der Waals surface area (Å²) in [5, 5.41) is 4.00. The normalized spacial score (nSPS) is 14.4. The minimum absolute atomic E-state index is 0.0464. The van der Waals surface area contributed by atoms with Crippen LogP contribution in [-0.2, 0) is 4.79 Å². The summed E-state index contributed by atoms with van der Waals surface area (Å²) < 4.78 is 0.970. The third-order valence-corrected chi connectivity index (χ3v) is 6.94. The number of aromatic amines is 1. The van der Waals surface area contributed by atoms with E-state index in [2.05, 4.69) is 4.98 Å². The van der Waals surface area contributed by atoms with Crippen LogP contribution in [0, 0.1) is 0 Å². The molecule has 0 spiro atoms. The van der Waals surface area contributed by atoms with Gasteiger partial charge in [-0.2, -0.15) is 0 Å². The van der Waals surface area contributed by atoms with Crippen LogP contribution in [0.2, 0.25) is 5.02 Å². The molecule has 4 aromatic rings. The van der Waals surface area contributed by atoms with E-state index in [-0.39, 0.29) is 11.5 Å². The van der Waals surface area contributed by atoms with E-state index >= 15 is 0 Å². The second-order valence-electron chi connectivity index (χ2n) is 7.42. The number of thiophene rings is 1. The average Bonchev–Trinajstić information content (AvgIpc) is 3.45. The molecular formula is C23H18ClN3O3S. The van der Waals surface area contributed by atoms with E-state index in [1.807, 2.05) is 29.6 Å². The number of carbonyl (C=O) groups excluding carboxylic acids is 3. The Morgan fingerprint density at radius 1 is 0.903 bits per heavy atom. The van der Waals surface area contributed by atoms with Gasteiger partial charge in [-0.05, 0) is 35.0 Å². The highest BCUT2D eigenvalue weighted by Gasteiger charge is 2.30. The Labute approximate surface area is 187 Å². The molecule has 3 heterocycles. The zero-order valence-electron chi connectivity index (χ0n) is 16.4. The highest BCUT2D eigenvalue weighted by Crippen LogP contribution is 2.28. The molecule has 5 rings (SSSR count). The summed E-state index contributed by atoms with van der Waals surface area (Å²) in [5.41, 5.74) is 1.66. The fourth-order valence-electron chi connectivity index (χ4n) is 4.02. The molecule has 0 saturated carbocycles. The maximum absolute atomic E-state index is 13.0. The Kier molecular flexibility index (Phi) is 5.00. The minimum atomic E-state index is -0.595. The number of benzene rings is 2. The topological polar surface area (TPSA) is 73.5 Å². The summed E-state index contributed by atoms with van der Waals surface area (Å²) in [6, 6.07) is 13.0. The van der Waals surface area contributed by atoms with E-state index in [1.165, 1.54) is 11.1 Å². The number of rotatable bonds is 3. The number of hydrogen-bond acceptors (Lipinski definition) is 4. The van der Waals surface area contributed by atoms with Gasteiger partial charge in [-0.15, -0.1) is 11.3 Å². The first kappa shape index (κ1) is 19.8. The third-order valence-electron chi connectivity index (χ3n) is 5.66. The molecule has 0 unspecified atom stereocenters.